The number of halogens is 2. The zero-order valence-electron chi connectivity index (χ0n) is 17.3. The molecule has 0 fully saturated rings. The Morgan fingerprint density at radius 3 is 2.47 bits per heavy atom. The average molecular weight is 509 g/mol. The van der Waals surface area contributed by atoms with E-state index in [1.165, 1.54) is 18.2 Å². The number of carbonyl (C=O) groups is 1. The molecule has 0 radical (unpaired) electrons. The van der Waals surface area contributed by atoms with Crippen molar-refractivity contribution < 1.29 is 13.2 Å². The fraction of sp³-hybridized carbons (Fsp3) is 0.174. The molecule has 0 bridgehead atoms. The van der Waals surface area contributed by atoms with E-state index in [1.54, 1.807) is 17.8 Å². The predicted octanol–water partition coefficient (Wildman–Crippen LogP) is 5.59. The molecule has 168 valence electrons. The summed E-state index contributed by atoms with van der Waals surface area (Å²) >= 11 is 13.7. The van der Waals surface area contributed by atoms with E-state index in [1.807, 2.05) is 54.8 Å². The number of carbonyl (C=O) groups excluding carboxylic acids is 1. The van der Waals surface area contributed by atoms with Crippen LogP contribution in [0.15, 0.2) is 82.6 Å². The van der Waals surface area contributed by atoms with Crippen LogP contribution in [0.1, 0.15) is 5.56 Å². The van der Waals surface area contributed by atoms with E-state index in [9.17, 15) is 13.2 Å². The van der Waals surface area contributed by atoms with Crippen LogP contribution in [0, 0.1) is 0 Å². The molecular formula is C23H22Cl2N2O3S2. The quantitative estimate of drug-likeness (QED) is 0.382. The third-order valence-corrected chi connectivity index (χ3v) is 7.96. The number of hydrogen-bond acceptors (Lipinski definition) is 4. The van der Waals surface area contributed by atoms with Crippen LogP contribution in [0.2, 0.25) is 10.0 Å². The lowest BCUT2D eigenvalue weighted by Crippen LogP contribution is -2.39. The van der Waals surface area contributed by atoms with Crippen LogP contribution in [0.5, 0.6) is 0 Å². The van der Waals surface area contributed by atoms with E-state index >= 15 is 0 Å². The second-order valence-corrected chi connectivity index (χ2v) is 10.6. The minimum atomic E-state index is -4.07. The molecule has 1 amide bonds. The molecule has 0 spiro atoms. The molecule has 0 aliphatic rings. The maximum atomic E-state index is 13.4. The van der Waals surface area contributed by atoms with Crippen molar-refractivity contribution in [2.75, 3.05) is 24.7 Å². The van der Waals surface area contributed by atoms with Gasteiger partial charge >= 0.3 is 0 Å². The maximum absolute atomic E-state index is 13.4. The molecule has 0 heterocycles. The summed E-state index contributed by atoms with van der Waals surface area (Å²) in [5, 5.41) is 3.07. The monoisotopic (exact) mass is 508 g/mol. The van der Waals surface area contributed by atoms with E-state index in [0.717, 1.165) is 14.8 Å². The first-order valence-electron chi connectivity index (χ1n) is 9.72. The Hall–Kier alpha value is -2.03. The highest BCUT2D eigenvalue weighted by Crippen LogP contribution is 2.28. The Bertz CT molecular complexity index is 1190. The summed E-state index contributed by atoms with van der Waals surface area (Å²) in [7, 11) is -4.07. The molecule has 1 N–H and O–H groups in total. The van der Waals surface area contributed by atoms with Gasteiger partial charge in [0.05, 0.1) is 11.6 Å². The van der Waals surface area contributed by atoms with Crippen LogP contribution in [0.3, 0.4) is 0 Å². The highest BCUT2D eigenvalue weighted by atomic mass is 35.5. The van der Waals surface area contributed by atoms with Crippen molar-refractivity contribution in [3.63, 3.8) is 0 Å². The van der Waals surface area contributed by atoms with Crippen LogP contribution in [0.4, 0.5) is 5.69 Å². The number of hydrogen-bond donors (Lipinski definition) is 1. The molecule has 3 aromatic carbocycles. The zero-order valence-corrected chi connectivity index (χ0v) is 20.4. The largest absolute Gasteiger partial charge is 0.325 e. The van der Waals surface area contributed by atoms with Crippen molar-refractivity contribution in [1.29, 1.82) is 0 Å². The van der Waals surface area contributed by atoms with Crippen molar-refractivity contribution in [3.8, 4) is 0 Å². The van der Waals surface area contributed by atoms with Gasteiger partial charge in [-0.15, -0.1) is 11.8 Å². The van der Waals surface area contributed by atoms with Crippen molar-refractivity contribution in [2.24, 2.45) is 0 Å². The van der Waals surface area contributed by atoms with Gasteiger partial charge in [0, 0.05) is 22.2 Å². The Morgan fingerprint density at radius 2 is 1.75 bits per heavy atom. The molecule has 0 aliphatic carbocycles. The molecule has 0 saturated heterocycles. The zero-order chi connectivity index (χ0) is 23.1. The molecule has 0 saturated carbocycles. The standard InChI is InChI=1S/C23H22Cl2N2O3S2/c1-31-20-9-5-8-19(15-20)26-23(28)16-27(13-12-17-6-3-2-4-7-17)32(29,30)22-14-18(24)10-11-21(22)25/h2-11,14-15H,12-13,16H2,1H3,(H,26,28). The van der Waals surface area contributed by atoms with Crippen LogP contribution >= 0.6 is 35.0 Å². The Labute approximate surface area is 202 Å². The van der Waals surface area contributed by atoms with Crippen LogP contribution in [0.25, 0.3) is 0 Å². The number of thioether (sulfide) groups is 1. The number of nitrogens with one attached hydrogen (secondary N) is 1. The molecule has 0 unspecified atom stereocenters. The van der Waals surface area contributed by atoms with Crippen LogP contribution in [-0.2, 0) is 21.2 Å². The third-order valence-electron chi connectivity index (χ3n) is 4.68. The number of nitrogens with zero attached hydrogens (tertiary/aromatic N) is 1. The fourth-order valence-corrected chi connectivity index (χ4v) is 5.65. The Kier molecular flexibility index (Phi) is 8.62. The topological polar surface area (TPSA) is 66.5 Å². The molecule has 32 heavy (non-hydrogen) atoms. The molecule has 3 aromatic rings. The molecule has 9 heteroatoms. The van der Waals surface area contributed by atoms with Crippen LogP contribution < -0.4 is 5.32 Å². The SMILES string of the molecule is CSc1cccc(NC(=O)CN(CCc2ccccc2)S(=O)(=O)c2cc(Cl)ccc2Cl)c1. The second kappa shape index (κ2) is 11.2. The molecule has 0 aliphatic heterocycles. The summed E-state index contributed by atoms with van der Waals surface area (Å²) in [6.07, 6.45) is 2.38. The summed E-state index contributed by atoms with van der Waals surface area (Å²) in [5.41, 5.74) is 1.56. The third kappa shape index (κ3) is 6.49. The number of amides is 1. The van der Waals surface area contributed by atoms with Crippen molar-refractivity contribution in [1.82, 2.24) is 4.31 Å². The van der Waals surface area contributed by atoms with Gasteiger partial charge in [-0.1, -0.05) is 59.6 Å². The van der Waals surface area contributed by atoms with E-state index in [-0.39, 0.29) is 28.0 Å². The van der Waals surface area contributed by atoms with Gasteiger partial charge in [0.15, 0.2) is 0 Å². The smallest absolute Gasteiger partial charge is 0.245 e. The molecule has 0 aromatic heterocycles. The summed E-state index contributed by atoms with van der Waals surface area (Å²) in [4.78, 5) is 13.6. The van der Waals surface area contributed by atoms with Crippen LogP contribution in [-0.4, -0.2) is 38.0 Å². The van der Waals surface area contributed by atoms with Gasteiger partial charge < -0.3 is 5.32 Å². The summed E-state index contributed by atoms with van der Waals surface area (Å²) in [6, 6.07) is 21.1. The number of sulfonamides is 1. The van der Waals surface area contributed by atoms with Gasteiger partial charge in [-0.3, -0.25) is 4.79 Å². The van der Waals surface area contributed by atoms with Crippen molar-refractivity contribution in [3.05, 3.63) is 88.4 Å². The molecule has 0 atom stereocenters. The summed E-state index contributed by atoms with van der Waals surface area (Å²) in [5.74, 6) is -0.446. The second-order valence-electron chi connectivity index (χ2n) is 6.93. The summed E-state index contributed by atoms with van der Waals surface area (Å²) in [6.45, 7) is -0.255. The molecule has 3 rings (SSSR count). The summed E-state index contributed by atoms with van der Waals surface area (Å²) < 4.78 is 28.0. The van der Waals surface area contributed by atoms with Crippen molar-refractivity contribution >= 4 is 56.6 Å². The Morgan fingerprint density at radius 1 is 1.00 bits per heavy atom. The van der Waals surface area contributed by atoms with E-state index in [0.29, 0.717) is 12.1 Å². The fourth-order valence-electron chi connectivity index (χ4n) is 3.06. The Balaban J connectivity index is 1.85. The first-order valence-corrected chi connectivity index (χ1v) is 13.1. The highest BCUT2D eigenvalue weighted by molar-refractivity contribution is 7.98. The predicted molar refractivity (Wildman–Crippen MR) is 132 cm³/mol. The first kappa shape index (κ1) is 24.6. The van der Waals surface area contributed by atoms with Gasteiger partial charge in [0.1, 0.15) is 4.90 Å². The lowest BCUT2D eigenvalue weighted by molar-refractivity contribution is -0.116. The molecule has 5 nitrogen and oxygen atoms in total. The lowest BCUT2D eigenvalue weighted by Gasteiger charge is -2.22. The molecular weight excluding hydrogens is 487 g/mol. The maximum Gasteiger partial charge on any atom is 0.245 e. The average Bonchev–Trinajstić information content (AvgIpc) is 2.78. The lowest BCUT2D eigenvalue weighted by atomic mass is 10.1. The van der Waals surface area contributed by atoms with E-state index < -0.39 is 15.9 Å². The van der Waals surface area contributed by atoms with Gasteiger partial charge in [-0.25, -0.2) is 8.42 Å². The van der Waals surface area contributed by atoms with Gasteiger partial charge in [0.2, 0.25) is 15.9 Å². The van der Waals surface area contributed by atoms with E-state index in [4.69, 9.17) is 23.2 Å². The van der Waals surface area contributed by atoms with Gasteiger partial charge in [0.25, 0.3) is 0 Å². The first-order chi connectivity index (χ1) is 15.3. The number of anilines is 1. The van der Waals surface area contributed by atoms with Gasteiger partial charge in [-0.05, 0) is 54.6 Å². The number of benzene rings is 3. The minimum absolute atomic E-state index is 0.0483. The normalized spacial score (nSPS) is 11.5. The van der Waals surface area contributed by atoms with Crippen molar-refractivity contribution in [2.45, 2.75) is 16.2 Å². The van der Waals surface area contributed by atoms with E-state index in [2.05, 4.69) is 5.32 Å². The number of rotatable bonds is 9. The highest BCUT2D eigenvalue weighted by Gasteiger charge is 2.29. The van der Waals surface area contributed by atoms with Gasteiger partial charge in [-0.2, -0.15) is 4.31 Å². The minimum Gasteiger partial charge on any atom is -0.325 e.